The van der Waals surface area contributed by atoms with Crippen molar-refractivity contribution in [2.24, 2.45) is 7.05 Å². The lowest BCUT2D eigenvalue weighted by Crippen LogP contribution is -2.26. The van der Waals surface area contributed by atoms with Gasteiger partial charge in [0.15, 0.2) is 0 Å². The van der Waals surface area contributed by atoms with E-state index in [4.69, 9.17) is 4.74 Å². The summed E-state index contributed by atoms with van der Waals surface area (Å²) in [5.74, 6) is 1.22. The Bertz CT molecular complexity index is 635. The molecule has 0 aliphatic carbocycles. The Labute approximate surface area is 135 Å². The molecule has 1 N–H and O–H groups in total. The van der Waals surface area contributed by atoms with Gasteiger partial charge in [0.2, 0.25) is 11.9 Å². The summed E-state index contributed by atoms with van der Waals surface area (Å²) in [6.45, 7) is 2.57. The molecule has 1 fully saturated rings. The van der Waals surface area contributed by atoms with Crippen LogP contribution in [0.2, 0.25) is 0 Å². The van der Waals surface area contributed by atoms with Gasteiger partial charge in [0, 0.05) is 38.4 Å². The molecule has 0 bridgehead atoms. The van der Waals surface area contributed by atoms with Crippen LogP contribution in [-0.2, 0) is 13.6 Å². The first-order chi connectivity index (χ1) is 11.2. The normalized spacial score (nSPS) is 15.3. The maximum Gasteiger partial charge on any atom is 0.322 e. The van der Waals surface area contributed by atoms with Gasteiger partial charge < -0.3 is 15.0 Å². The lowest BCUT2D eigenvalue weighted by molar-refractivity contribution is 0.378. The maximum absolute atomic E-state index is 5.23. The molecule has 0 aromatic carbocycles. The quantitative estimate of drug-likeness (QED) is 0.897. The minimum atomic E-state index is 0.341. The van der Waals surface area contributed by atoms with E-state index in [9.17, 15) is 0 Å². The molecule has 1 aliphatic rings. The van der Waals surface area contributed by atoms with Crippen LogP contribution in [0.5, 0.6) is 6.01 Å². The van der Waals surface area contributed by atoms with Crippen molar-refractivity contribution in [1.82, 2.24) is 24.7 Å². The Hall–Kier alpha value is -2.38. The molecule has 1 aliphatic heterocycles. The highest BCUT2D eigenvalue weighted by atomic mass is 16.5. The third-order valence-corrected chi connectivity index (χ3v) is 3.88. The van der Waals surface area contributed by atoms with E-state index in [-0.39, 0.29) is 0 Å². The Kier molecular flexibility index (Phi) is 4.89. The third-order valence-electron chi connectivity index (χ3n) is 3.88. The van der Waals surface area contributed by atoms with Gasteiger partial charge in [-0.05, 0) is 12.8 Å². The predicted molar refractivity (Wildman–Crippen MR) is 87.6 cm³/mol. The summed E-state index contributed by atoms with van der Waals surface area (Å²) in [6.07, 6.45) is 8.66. The van der Waals surface area contributed by atoms with Crippen LogP contribution < -0.4 is 15.0 Å². The average molecular weight is 317 g/mol. The van der Waals surface area contributed by atoms with Crippen molar-refractivity contribution >= 4 is 11.9 Å². The number of aryl methyl sites for hydroxylation is 1. The minimum Gasteiger partial charge on any atom is -0.467 e. The molecule has 8 nitrogen and oxygen atoms in total. The van der Waals surface area contributed by atoms with Gasteiger partial charge in [0.05, 0.1) is 13.3 Å². The van der Waals surface area contributed by atoms with Gasteiger partial charge in [-0.3, -0.25) is 4.68 Å². The topological polar surface area (TPSA) is 81.0 Å². The molecule has 0 spiro atoms. The van der Waals surface area contributed by atoms with Crippen LogP contribution in [0.4, 0.5) is 11.9 Å². The molecule has 0 amide bonds. The summed E-state index contributed by atoms with van der Waals surface area (Å²) in [5.41, 5.74) is 1.07. The third kappa shape index (κ3) is 4.08. The first-order valence-electron chi connectivity index (χ1n) is 8.01. The van der Waals surface area contributed by atoms with Crippen molar-refractivity contribution in [2.75, 3.05) is 30.4 Å². The van der Waals surface area contributed by atoms with E-state index in [0.29, 0.717) is 24.5 Å². The molecule has 0 unspecified atom stereocenters. The standard InChI is InChI=1S/C15H23N7O/c1-21-11-12(10-17-21)9-16-13-18-14(20-15(19-13)23-2)22-7-5-3-4-6-8-22/h10-11H,3-9H2,1-2H3,(H,16,18,19,20). The Balaban J connectivity index is 1.75. The summed E-state index contributed by atoms with van der Waals surface area (Å²) in [4.78, 5) is 15.5. The molecule has 1 saturated heterocycles. The van der Waals surface area contributed by atoms with Crippen molar-refractivity contribution in [3.63, 3.8) is 0 Å². The zero-order chi connectivity index (χ0) is 16.1. The predicted octanol–water partition coefficient (Wildman–Crippen LogP) is 1.61. The second-order valence-electron chi connectivity index (χ2n) is 5.72. The highest BCUT2D eigenvalue weighted by Gasteiger charge is 2.15. The smallest absolute Gasteiger partial charge is 0.322 e. The van der Waals surface area contributed by atoms with E-state index in [0.717, 1.165) is 18.7 Å². The van der Waals surface area contributed by atoms with E-state index in [1.807, 2.05) is 19.4 Å². The molecule has 2 aromatic rings. The van der Waals surface area contributed by atoms with Crippen molar-refractivity contribution in [3.8, 4) is 6.01 Å². The number of rotatable bonds is 5. The second kappa shape index (κ2) is 7.26. The van der Waals surface area contributed by atoms with Crippen LogP contribution in [0.1, 0.15) is 31.2 Å². The molecule has 23 heavy (non-hydrogen) atoms. The molecule has 8 heteroatoms. The molecule has 2 aromatic heterocycles. The van der Waals surface area contributed by atoms with Gasteiger partial charge in [-0.15, -0.1) is 0 Å². The molecule has 0 radical (unpaired) electrons. The fourth-order valence-corrected chi connectivity index (χ4v) is 2.67. The van der Waals surface area contributed by atoms with E-state index >= 15 is 0 Å². The summed E-state index contributed by atoms with van der Waals surface area (Å²) in [6, 6.07) is 0.341. The SMILES string of the molecule is COc1nc(NCc2cnn(C)c2)nc(N2CCCCCC2)n1. The highest BCUT2D eigenvalue weighted by molar-refractivity contribution is 5.39. The zero-order valence-corrected chi connectivity index (χ0v) is 13.7. The molecule has 0 saturated carbocycles. The number of hydrogen-bond acceptors (Lipinski definition) is 7. The first kappa shape index (κ1) is 15.5. The number of nitrogens with zero attached hydrogens (tertiary/aromatic N) is 6. The van der Waals surface area contributed by atoms with Gasteiger partial charge >= 0.3 is 6.01 Å². The number of methoxy groups -OCH3 is 1. The van der Waals surface area contributed by atoms with Crippen molar-refractivity contribution in [1.29, 1.82) is 0 Å². The van der Waals surface area contributed by atoms with E-state index in [1.165, 1.54) is 25.7 Å². The Morgan fingerprint density at radius 2 is 1.91 bits per heavy atom. The number of anilines is 2. The molecular formula is C15H23N7O. The van der Waals surface area contributed by atoms with E-state index < -0.39 is 0 Å². The van der Waals surface area contributed by atoms with E-state index in [2.05, 4.69) is 30.3 Å². The van der Waals surface area contributed by atoms with Crippen LogP contribution in [-0.4, -0.2) is 44.9 Å². The van der Waals surface area contributed by atoms with Gasteiger partial charge in [0.25, 0.3) is 0 Å². The van der Waals surface area contributed by atoms with Crippen molar-refractivity contribution < 1.29 is 4.74 Å². The average Bonchev–Trinajstić information content (AvgIpc) is 2.82. The van der Waals surface area contributed by atoms with Gasteiger partial charge in [0.1, 0.15) is 0 Å². The summed E-state index contributed by atoms with van der Waals surface area (Å²) >= 11 is 0. The largest absolute Gasteiger partial charge is 0.467 e. The Morgan fingerprint density at radius 3 is 2.57 bits per heavy atom. The lowest BCUT2D eigenvalue weighted by atomic mass is 10.2. The first-order valence-corrected chi connectivity index (χ1v) is 8.01. The summed E-state index contributed by atoms with van der Waals surface area (Å²) < 4.78 is 7.00. The number of hydrogen-bond donors (Lipinski definition) is 1. The fraction of sp³-hybridized carbons (Fsp3) is 0.600. The van der Waals surface area contributed by atoms with Gasteiger partial charge in [-0.2, -0.15) is 20.1 Å². The second-order valence-corrected chi connectivity index (χ2v) is 5.72. The lowest BCUT2D eigenvalue weighted by Gasteiger charge is -2.20. The van der Waals surface area contributed by atoms with Crippen LogP contribution in [0, 0.1) is 0 Å². The monoisotopic (exact) mass is 317 g/mol. The van der Waals surface area contributed by atoms with Crippen LogP contribution in [0.15, 0.2) is 12.4 Å². The van der Waals surface area contributed by atoms with Gasteiger partial charge in [-0.25, -0.2) is 0 Å². The zero-order valence-electron chi connectivity index (χ0n) is 13.7. The maximum atomic E-state index is 5.23. The van der Waals surface area contributed by atoms with Crippen molar-refractivity contribution in [3.05, 3.63) is 18.0 Å². The van der Waals surface area contributed by atoms with E-state index in [1.54, 1.807) is 11.8 Å². The Morgan fingerprint density at radius 1 is 1.13 bits per heavy atom. The van der Waals surface area contributed by atoms with Crippen LogP contribution >= 0.6 is 0 Å². The molecule has 3 heterocycles. The minimum absolute atomic E-state index is 0.341. The van der Waals surface area contributed by atoms with Crippen LogP contribution in [0.3, 0.4) is 0 Å². The molecule has 0 atom stereocenters. The molecular weight excluding hydrogens is 294 g/mol. The number of nitrogens with one attached hydrogen (secondary N) is 1. The molecule has 3 rings (SSSR count). The summed E-state index contributed by atoms with van der Waals surface area (Å²) in [7, 11) is 3.47. The highest BCUT2D eigenvalue weighted by Crippen LogP contribution is 2.19. The summed E-state index contributed by atoms with van der Waals surface area (Å²) in [5, 5.41) is 7.38. The van der Waals surface area contributed by atoms with Gasteiger partial charge in [-0.1, -0.05) is 12.8 Å². The fourth-order valence-electron chi connectivity index (χ4n) is 2.67. The van der Waals surface area contributed by atoms with Crippen LogP contribution in [0.25, 0.3) is 0 Å². The van der Waals surface area contributed by atoms with Crippen molar-refractivity contribution in [2.45, 2.75) is 32.2 Å². The number of aromatic nitrogens is 5. The number of ether oxygens (including phenoxy) is 1. The molecule has 124 valence electrons.